The third kappa shape index (κ3) is 3.25. The molecule has 0 aromatic carbocycles. The number of pyridine rings is 1. The summed E-state index contributed by atoms with van der Waals surface area (Å²) in [7, 11) is 1.77. The van der Waals surface area contributed by atoms with Crippen LogP contribution in [0.3, 0.4) is 0 Å². The SMILES string of the molecule is CCc1cc(C(=O)Nc2ncccn2)cc(NC)n1. The van der Waals surface area contributed by atoms with Crippen molar-refractivity contribution >= 4 is 17.7 Å². The normalized spacial score (nSPS) is 10.0. The van der Waals surface area contributed by atoms with Crippen LogP contribution in [-0.2, 0) is 6.42 Å². The molecule has 2 N–H and O–H groups in total. The summed E-state index contributed by atoms with van der Waals surface area (Å²) in [6.45, 7) is 1.99. The van der Waals surface area contributed by atoms with Crippen molar-refractivity contribution in [1.29, 1.82) is 0 Å². The van der Waals surface area contributed by atoms with Gasteiger partial charge in [0.25, 0.3) is 5.91 Å². The highest BCUT2D eigenvalue weighted by Crippen LogP contribution is 2.12. The van der Waals surface area contributed by atoms with Crippen LogP contribution >= 0.6 is 0 Å². The lowest BCUT2D eigenvalue weighted by molar-refractivity contribution is 0.102. The first-order chi connectivity index (χ1) is 9.22. The number of nitrogens with one attached hydrogen (secondary N) is 2. The molecule has 0 saturated heterocycles. The zero-order chi connectivity index (χ0) is 13.7. The molecular weight excluding hydrogens is 242 g/mol. The average Bonchev–Trinajstić information content (AvgIpc) is 2.47. The number of amides is 1. The van der Waals surface area contributed by atoms with Crippen LogP contribution in [-0.4, -0.2) is 27.9 Å². The number of aryl methyl sites for hydroxylation is 1. The summed E-state index contributed by atoms with van der Waals surface area (Å²) in [5.41, 5.74) is 1.38. The maximum Gasteiger partial charge on any atom is 0.258 e. The fourth-order valence-electron chi connectivity index (χ4n) is 1.57. The van der Waals surface area contributed by atoms with Gasteiger partial charge in [0.05, 0.1) is 0 Å². The Morgan fingerprint density at radius 1 is 1.26 bits per heavy atom. The second kappa shape index (κ2) is 5.90. The lowest BCUT2D eigenvalue weighted by atomic mass is 10.2. The molecule has 2 aromatic heterocycles. The number of carbonyl (C=O) groups excluding carboxylic acids is 1. The first kappa shape index (κ1) is 12.9. The maximum absolute atomic E-state index is 12.1. The molecule has 0 aliphatic heterocycles. The zero-order valence-corrected chi connectivity index (χ0v) is 10.8. The van der Waals surface area contributed by atoms with Crippen LogP contribution in [0.25, 0.3) is 0 Å². The second-order valence-electron chi connectivity index (χ2n) is 3.86. The van der Waals surface area contributed by atoms with Crippen LogP contribution in [0.15, 0.2) is 30.6 Å². The number of hydrogen-bond acceptors (Lipinski definition) is 5. The van der Waals surface area contributed by atoms with Gasteiger partial charge in [0.2, 0.25) is 5.95 Å². The molecule has 0 radical (unpaired) electrons. The number of carbonyl (C=O) groups is 1. The third-order valence-electron chi connectivity index (χ3n) is 2.55. The maximum atomic E-state index is 12.1. The largest absolute Gasteiger partial charge is 0.373 e. The van der Waals surface area contributed by atoms with Crippen molar-refractivity contribution in [2.24, 2.45) is 0 Å². The molecule has 0 unspecified atom stereocenters. The van der Waals surface area contributed by atoms with E-state index in [0.29, 0.717) is 11.4 Å². The minimum atomic E-state index is -0.250. The van der Waals surface area contributed by atoms with Gasteiger partial charge in [-0.05, 0) is 24.6 Å². The zero-order valence-electron chi connectivity index (χ0n) is 10.8. The molecule has 2 heterocycles. The van der Waals surface area contributed by atoms with E-state index in [2.05, 4.69) is 25.6 Å². The molecule has 1 amide bonds. The van der Waals surface area contributed by atoms with E-state index in [0.717, 1.165) is 12.1 Å². The fraction of sp³-hybridized carbons (Fsp3) is 0.231. The molecule has 2 rings (SSSR count). The summed E-state index contributed by atoms with van der Waals surface area (Å²) >= 11 is 0. The summed E-state index contributed by atoms with van der Waals surface area (Å²) in [5.74, 6) is 0.701. The summed E-state index contributed by atoms with van der Waals surface area (Å²) in [6.07, 6.45) is 3.91. The Hall–Kier alpha value is -2.50. The van der Waals surface area contributed by atoms with Crippen molar-refractivity contribution < 1.29 is 4.79 Å². The van der Waals surface area contributed by atoms with Crippen molar-refractivity contribution in [3.63, 3.8) is 0 Å². The van der Waals surface area contributed by atoms with Crippen LogP contribution in [0.5, 0.6) is 0 Å². The van der Waals surface area contributed by atoms with Crippen LogP contribution in [0, 0.1) is 0 Å². The molecule has 0 aliphatic carbocycles. The Morgan fingerprint density at radius 3 is 2.63 bits per heavy atom. The molecule has 6 nitrogen and oxygen atoms in total. The topological polar surface area (TPSA) is 79.8 Å². The van der Waals surface area contributed by atoms with E-state index in [-0.39, 0.29) is 11.9 Å². The van der Waals surface area contributed by atoms with Gasteiger partial charge in [-0.15, -0.1) is 0 Å². The van der Waals surface area contributed by atoms with Crippen molar-refractivity contribution in [1.82, 2.24) is 15.0 Å². The minimum Gasteiger partial charge on any atom is -0.373 e. The standard InChI is InChI=1S/C13H15N5O/c1-3-10-7-9(8-11(14-2)17-10)12(19)18-13-15-5-4-6-16-13/h4-8H,3H2,1-2H3,(H,14,17)(H,15,16,18,19). The average molecular weight is 257 g/mol. The van der Waals surface area contributed by atoms with Crippen molar-refractivity contribution in [2.75, 3.05) is 17.7 Å². The Balaban J connectivity index is 2.23. The Bertz CT molecular complexity index is 548. The number of nitrogens with zero attached hydrogens (tertiary/aromatic N) is 3. The third-order valence-corrected chi connectivity index (χ3v) is 2.55. The molecule has 0 atom stereocenters. The van der Waals surface area contributed by atoms with Gasteiger partial charge in [0.15, 0.2) is 0 Å². The molecule has 19 heavy (non-hydrogen) atoms. The van der Waals surface area contributed by atoms with Crippen LogP contribution < -0.4 is 10.6 Å². The molecule has 0 spiro atoms. The summed E-state index contributed by atoms with van der Waals surface area (Å²) in [5, 5.41) is 5.58. The summed E-state index contributed by atoms with van der Waals surface area (Å²) < 4.78 is 0. The van der Waals surface area contributed by atoms with E-state index in [1.165, 1.54) is 0 Å². The summed E-state index contributed by atoms with van der Waals surface area (Å²) in [4.78, 5) is 24.4. The van der Waals surface area contributed by atoms with E-state index >= 15 is 0 Å². The van der Waals surface area contributed by atoms with Gasteiger partial charge in [-0.25, -0.2) is 15.0 Å². The van der Waals surface area contributed by atoms with Crippen molar-refractivity contribution in [3.05, 3.63) is 41.9 Å². The number of hydrogen-bond donors (Lipinski definition) is 2. The predicted molar refractivity (Wildman–Crippen MR) is 73.1 cm³/mol. The van der Waals surface area contributed by atoms with Crippen LogP contribution in [0.1, 0.15) is 23.0 Å². The smallest absolute Gasteiger partial charge is 0.258 e. The van der Waals surface area contributed by atoms with Crippen LogP contribution in [0.2, 0.25) is 0 Å². The molecular formula is C13H15N5O. The lowest BCUT2D eigenvalue weighted by Crippen LogP contribution is -2.15. The number of anilines is 2. The van der Waals surface area contributed by atoms with Gasteiger partial charge < -0.3 is 5.32 Å². The van der Waals surface area contributed by atoms with Gasteiger partial charge >= 0.3 is 0 Å². The van der Waals surface area contributed by atoms with E-state index < -0.39 is 0 Å². The van der Waals surface area contributed by atoms with Crippen molar-refractivity contribution in [2.45, 2.75) is 13.3 Å². The van der Waals surface area contributed by atoms with Crippen LogP contribution in [0.4, 0.5) is 11.8 Å². The Kier molecular flexibility index (Phi) is 4.02. The first-order valence-corrected chi connectivity index (χ1v) is 6.00. The van der Waals surface area contributed by atoms with E-state index in [1.807, 2.05) is 6.92 Å². The van der Waals surface area contributed by atoms with Gasteiger partial charge in [0.1, 0.15) is 5.82 Å². The second-order valence-corrected chi connectivity index (χ2v) is 3.86. The van der Waals surface area contributed by atoms with Gasteiger partial charge in [-0.3, -0.25) is 10.1 Å². The first-order valence-electron chi connectivity index (χ1n) is 6.00. The molecule has 0 aliphatic rings. The molecule has 0 bridgehead atoms. The van der Waals surface area contributed by atoms with E-state index in [1.54, 1.807) is 37.6 Å². The lowest BCUT2D eigenvalue weighted by Gasteiger charge is -2.07. The van der Waals surface area contributed by atoms with Gasteiger partial charge in [0, 0.05) is 30.7 Å². The molecule has 0 saturated carbocycles. The highest BCUT2D eigenvalue weighted by molar-refractivity contribution is 6.03. The molecule has 98 valence electrons. The molecule has 0 fully saturated rings. The number of rotatable bonds is 4. The highest BCUT2D eigenvalue weighted by atomic mass is 16.1. The van der Waals surface area contributed by atoms with E-state index in [9.17, 15) is 4.79 Å². The molecule has 6 heteroatoms. The fourth-order valence-corrected chi connectivity index (χ4v) is 1.57. The van der Waals surface area contributed by atoms with Gasteiger partial charge in [-0.2, -0.15) is 0 Å². The van der Waals surface area contributed by atoms with Gasteiger partial charge in [-0.1, -0.05) is 6.92 Å². The summed E-state index contributed by atoms with van der Waals surface area (Å²) in [6, 6.07) is 5.15. The van der Waals surface area contributed by atoms with Crippen molar-refractivity contribution in [3.8, 4) is 0 Å². The number of aromatic nitrogens is 3. The Labute approximate surface area is 111 Å². The Morgan fingerprint density at radius 2 is 2.00 bits per heavy atom. The predicted octanol–water partition coefficient (Wildman–Crippen LogP) is 1.73. The monoisotopic (exact) mass is 257 g/mol. The quantitative estimate of drug-likeness (QED) is 0.872. The van der Waals surface area contributed by atoms with E-state index in [4.69, 9.17) is 0 Å². The molecule has 2 aromatic rings. The minimum absolute atomic E-state index is 0.250. The highest BCUT2D eigenvalue weighted by Gasteiger charge is 2.10.